The quantitative estimate of drug-likeness (QED) is 0.732. The highest BCUT2D eigenvalue weighted by Crippen LogP contribution is 2.30. The Morgan fingerprint density at radius 3 is 2.38 bits per heavy atom. The lowest BCUT2D eigenvalue weighted by Crippen LogP contribution is -2.55. The van der Waals surface area contributed by atoms with Crippen molar-refractivity contribution in [2.45, 2.75) is 31.7 Å². The average Bonchev–Trinajstić information content (AvgIpc) is 3.30. The lowest BCUT2D eigenvalue weighted by molar-refractivity contribution is -0.134. The van der Waals surface area contributed by atoms with Crippen LogP contribution < -0.4 is 9.64 Å². The van der Waals surface area contributed by atoms with Crippen molar-refractivity contribution in [3.8, 4) is 5.75 Å². The van der Waals surface area contributed by atoms with E-state index in [9.17, 15) is 4.79 Å². The summed E-state index contributed by atoms with van der Waals surface area (Å²) >= 11 is 6.14. The van der Waals surface area contributed by atoms with E-state index in [1.165, 1.54) is 25.7 Å². The van der Waals surface area contributed by atoms with Gasteiger partial charge in [-0.1, -0.05) is 24.4 Å². The maximum Gasteiger partial charge on any atom is 0.236 e. The van der Waals surface area contributed by atoms with Gasteiger partial charge in [-0.2, -0.15) is 0 Å². The second kappa shape index (κ2) is 9.54. The molecule has 2 aliphatic heterocycles. The van der Waals surface area contributed by atoms with Crippen LogP contribution in [0.2, 0.25) is 5.02 Å². The van der Waals surface area contributed by atoms with Crippen molar-refractivity contribution in [3.05, 3.63) is 23.2 Å². The Bertz CT molecular complexity index is 694. The number of hydrogen-bond donors (Lipinski definition) is 0. The first kappa shape index (κ1) is 20.8. The zero-order valence-corrected chi connectivity index (χ0v) is 18.2. The summed E-state index contributed by atoms with van der Waals surface area (Å²) in [7, 11) is 1.64. The first-order valence-corrected chi connectivity index (χ1v) is 11.3. The van der Waals surface area contributed by atoms with Gasteiger partial charge in [-0.3, -0.25) is 14.6 Å². The summed E-state index contributed by atoms with van der Waals surface area (Å²) in [5.41, 5.74) is 1.13. The Kier molecular flexibility index (Phi) is 6.83. The zero-order valence-electron chi connectivity index (χ0n) is 17.5. The molecule has 4 rings (SSSR count). The second-order valence-electron chi connectivity index (χ2n) is 8.44. The number of piperazine rings is 2. The molecule has 0 radical (unpaired) electrons. The van der Waals surface area contributed by atoms with Gasteiger partial charge in [0, 0.05) is 70.2 Å². The first-order chi connectivity index (χ1) is 14.1. The predicted octanol–water partition coefficient (Wildman–Crippen LogP) is 2.56. The van der Waals surface area contributed by atoms with Gasteiger partial charge in [-0.15, -0.1) is 0 Å². The number of hydrogen-bond acceptors (Lipinski definition) is 5. The molecule has 1 amide bonds. The largest absolute Gasteiger partial charge is 0.495 e. The summed E-state index contributed by atoms with van der Waals surface area (Å²) < 4.78 is 5.33. The molecule has 1 aromatic carbocycles. The Labute approximate surface area is 179 Å². The molecular weight excluding hydrogens is 388 g/mol. The molecule has 29 heavy (non-hydrogen) atoms. The molecule has 3 fully saturated rings. The van der Waals surface area contributed by atoms with Gasteiger partial charge in [-0.25, -0.2) is 0 Å². The van der Waals surface area contributed by atoms with E-state index in [4.69, 9.17) is 16.3 Å². The number of halogens is 1. The molecule has 1 aliphatic carbocycles. The van der Waals surface area contributed by atoms with Gasteiger partial charge in [0.2, 0.25) is 5.91 Å². The van der Waals surface area contributed by atoms with E-state index in [1.807, 2.05) is 18.2 Å². The normalized spacial score (nSPS) is 22.3. The van der Waals surface area contributed by atoms with E-state index in [1.54, 1.807) is 7.11 Å². The predicted molar refractivity (Wildman–Crippen MR) is 117 cm³/mol. The molecule has 2 saturated heterocycles. The molecule has 160 valence electrons. The van der Waals surface area contributed by atoms with Crippen molar-refractivity contribution in [1.82, 2.24) is 14.7 Å². The van der Waals surface area contributed by atoms with Gasteiger partial charge in [0.05, 0.1) is 18.7 Å². The van der Waals surface area contributed by atoms with Crippen LogP contribution >= 0.6 is 11.6 Å². The van der Waals surface area contributed by atoms with Crippen LogP contribution in [0, 0.1) is 0 Å². The fourth-order valence-corrected chi connectivity index (χ4v) is 5.10. The van der Waals surface area contributed by atoms with Crippen molar-refractivity contribution in [3.63, 3.8) is 0 Å². The molecule has 6 nitrogen and oxygen atoms in total. The van der Waals surface area contributed by atoms with Crippen molar-refractivity contribution in [1.29, 1.82) is 0 Å². The van der Waals surface area contributed by atoms with E-state index >= 15 is 0 Å². The molecule has 0 aromatic heterocycles. The minimum atomic E-state index is 0.290. The fourth-order valence-electron chi connectivity index (χ4n) is 4.91. The third kappa shape index (κ3) is 4.98. The van der Waals surface area contributed by atoms with Crippen LogP contribution in [0.5, 0.6) is 5.75 Å². The van der Waals surface area contributed by atoms with Crippen molar-refractivity contribution >= 4 is 23.2 Å². The highest BCUT2D eigenvalue weighted by atomic mass is 35.5. The summed E-state index contributed by atoms with van der Waals surface area (Å²) in [6, 6.07) is 6.69. The average molecular weight is 421 g/mol. The minimum absolute atomic E-state index is 0.290. The molecule has 1 aromatic rings. The molecule has 1 saturated carbocycles. The van der Waals surface area contributed by atoms with E-state index in [0.717, 1.165) is 64.1 Å². The Hall–Kier alpha value is -1.50. The number of amides is 1. The number of carbonyl (C=O) groups is 1. The number of rotatable bonds is 5. The number of anilines is 1. The van der Waals surface area contributed by atoms with Gasteiger partial charge in [-0.05, 0) is 25.0 Å². The maximum atomic E-state index is 12.8. The molecule has 0 atom stereocenters. The summed E-state index contributed by atoms with van der Waals surface area (Å²) in [5.74, 6) is 0.996. The molecule has 3 aliphatic rings. The van der Waals surface area contributed by atoms with Gasteiger partial charge in [0.1, 0.15) is 5.75 Å². The molecule has 2 heterocycles. The summed E-state index contributed by atoms with van der Waals surface area (Å²) in [4.78, 5) is 22.1. The van der Waals surface area contributed by atoms with Crippen molar-refractivity contribution in [2.75, 3.05) is 70.9 Å². The third-order valence-electron chi connectivity index (χ3n) is 6.74. The number of ether oxygens (including phenoxy) is 1. The first-order valence-electron chi connectivity index (χ1n) is 11.0. The lowest BCUT2D eigenvalue weighted by atomic mass is 10.2. The summed E-state index contributed by atoms with van der Waals surface area (Å²) in [5, 5.41) is 0.633. The zero-order chi connectivity index (χ0) is 20.2. The standard InChI is InChI=1S/C22H33ClN4O2/c1-29-21-16-19(6-7-20(21)23)26-10-8-24(9-11-26)17-22(28)27-14-12-25(13-15-27)18-4-2-3-5-18/h6-7,16,18H,2-5,8-15,17H2,1H3. The minimum Gasteiger partial charge on any atom is -0.495 e. The van der Waals surface area contributed by atoms with Gasteiger partial charge >= 0.3 is 0 Å². The fraction of sp³-hybridized carbons (Fsp3) is 0.682. The highest BCUT2D eigenvalue weighted by Gasteiger charge is 2.29. The number of carbonyl (C=O) groups excluding carboxylic acids is 1. The topological polar surface area (TPSA) is 39.3 Å². The van der Waals surface area contributed by atoms with Crippen LogP contribution in [-0.4, -0.2) is 92.7 Å². The smallest absolute Gasteiger partial charge is 0.236 e. The highest BCUT2D eigenvalue weighted by molar-refractivity contribution is 6.32. The van der Waals surface area contributed by atoms with Gasteiger partial charge in [0.15, 0.2) is 0 Å². The molecule has 0 bridgehead atoms. The third-order valence-corrected chi connectivity index (χ3v) is 7.05. The Morgan fingerprint density at radius 2 is 1.72 bits per heavy atom. The summed E-state index contributed by atoms with van der Waals surface area (Å²) in [6.07, 6.45) is 5.44. The van der Waals surface area contributed by atoms with Gasteiger partial charge in [0.25, 0.3) is 0 Å². The van der Waals surface area contributed by atoms with Crippen molar-refractivity contribution in [2.24, 2.45) is 0 Å². The van der Waals surface area contributed by atoms with Gasteiger partial charge < -0.3 is 14.5 Å². The number of nitrogens with zero attached hydrogens (tertiary/aromatic N) is 4. The SMILES string of the molecule is COc1cc(N2CCN(CC(=O)N3CCN(C4CCCC4)CC3)CC2)ccc1Cl. The number of benzene rings is 1. The van der Waals surface area contributed by atoms with Crippen LogP contribution in [0.1, 0.15) is 25.7 Å². The van der Waals surface area contributed by atoms with Crippen LogP contribution in [-0.2, 0) is 4.79 Å². The van der Waals surface area contributed by atoms with E-state index in [2.05, 4.69) is 19.6 Å². The van der Waals surface area contributed by atoms with Crippen LogP contribution in [0.4, 0.5) is 5.69 Å². The maximum absolute atomic E-state index is 12.8. The van der Waals surface area contributed by atoms with Crippen LogP contribution in [0.3, 0.4) is 0 Å². The lowest BCUT2D eigenvalue weighted by Gasteiger charge is -2.40. The van der Waals surface area contributed by atoms with E-state index < -0.39 is 0 Å². The monoisotopic (exact) mass is 420 g/mol. The van der Waals surface area contributed by atoms with Crippen LogP contribution in [0.15, 0.2) is 18.2 Å². The van der Waals surface area contributed by atoms with Crippen LogP contribution in [0.25, 0.3) is 0 Å². The second-order valence-corrected chi connectivity index (χ2v) is 8.84. The molecule has 0 unspecified atom stereocenters. The number of methoxy groups -OCH3 is 1. The van der Waals surface area contributed by atoms with E-state index in [-0.39, 0.29) is 5.91 Å². The molecule has 7 heteroatoms. The van der Waals surface area contributed by atoms with E-state index in [0.29, 0.717) is 17.3 Å². The molecular formula is C22H33ClN4O2. The molecule has 0 spiro atoms. The Balaban J connectivity index is 1.22. The molecule has 0 N–H and O–H groups in total. The van der Waals surface area contributed by atoms with Crippen molar-refractivity contribution < 1.29 is 9.53 Å². The Morgan fingerprint density at radius 1 is 1.03 bits per heavy atom. The summed E-state index contributed by atoms with van der Waals surface area (Å²) in [6.45, 7) is 8.03.